The van der Waals surface area contributed by atoms with E-state index in [2.05, 4.69) is 210 Å². The van der Waals surface area contributed by atoms with E-state index in [9.17, 15) is 0 Å². The lowest BCUT2D eigenvalue weighted by Gasteiger charge is -2.36. The predicted octanol–water partition coefficient (Wildman–Crippen LogP) is 15.0. The Morgan fingerprint density at radius 2 is 0.638 bits per heavy atom. The monoisotopic (exact) mass is 778 g/mol. The fourth-order valence-electron chi connectivity index (χ4n) is 7.89. The van der Waals surface area contributed by atoms with Gasteiger partial charge in [-0.2, -0.15) is 0 Å². The Morgan fingerprint density at radius 1 is 0.293 bits per heavy atom. The van der Waals surface area contributed by atoms with Gasteiger partial charge >= 0.3 is 0 Å². The summed E-state index contributed by atoms with van der Waals surface area (Å²) >= 11 is 3.63. The molecule has 0 saturated carbocycles. The molecule has 0 unspecified atom stereocenters. The van der Waals surface area contributed by atoms with Crippen molar-refractivity contribution in [2.45, 2.75) is 19.6 Å². The molecule has 1 aromatic heterocycles. The molecule has 2 aliphatic rings. The molecule has 0 N–H and O–H groups in total. The number of nitrogens with zero attached hydrogens (tertiary/aromatic N) is 4. The fraction of sp³-hybridized carbons (Fsp3) is 0. The summed E-state index contributed by atoms with van der Waals surface area (Å²) in [6.45, 7) is 0. The van der Waals surface area contributed by atoms with Crippen molar-refractivity contribution >= 4 is 57.6 Å². The highest BCUT2D eigenvalue weighted by Crippen LogP contribution is 2.55. The second-order valence-corrected chi connectivity index (χ2v) is 16.4. The van der Waals surface area contributed by atoms with Gasteiger partial charge in [-0.05, 0) is 83.9 Å². The van der Waals surface area contributed by atoms with Crippen molar-refractivity contribution in [3.8, 4) is 45.0 Å². The summed E-state index contributed by atoms with van der Waals surface area (Å²) in [7, 11) is 0. The summed E-state index contributed by atoms with van der Waals surface area (Å²) in [4.78, 5) is 20.4. The van der Waals surface area contributed by atoms with Gasteiger partial charge in [0.25, 0.3) is 0 Å². The van der Waals surface area contributed by atoms with Crippen LogP contribution in [0, 0.1) is 0 Å². The lowest BCUT2D eigenvalue weighted by Crippen LogP contribution is -2.18. The molecule has 4 nitrogen and oxygen atoms in total. The minimum atomic E-state index is 0.660. The maximum atomic E-state index is 5.40. The average molecular weight is 779 g/mol. The van der Waals surface area contributed by atoms with E-state index in [1.165, 1.54) is 30.7 Å². The number of fused-ring (bicyclic) bond motifs is 4. The van der Waals surface area contributed by atoms with E-state index >= 15 is 0 Å². The largest absolute Gasteiger partial charge is 0.308 e. The van der Waals surface area contributed by atoms with Crippen LogP contribution in [0.15, 0.2) is 226 Å². The zero-order valence-electron chi connectivity index (χ0n) is 31.2. The molecule has 0 radical (unpaired) electrons. The van der Waals surface area contributed by atoms with Crippen LogP contribution in [-0.4, -0.2) is 9.97 Å². The zero-order chi connectivity index (χ0) is 38.4. The molecule has 0 amide bonds. The van der Waals surface area contributed by atoms with Gasteiger partial charge in [-0.25, -0.2) is 9.97 Å². The highest BCUT2D eigenvalue weighted by molar-refractivity contribution is 8.00. The van der Waals surface area contributed by atoms with E-state index in [1.54, 1.807) is 0 Å². The Hall–Kier alpha value is -6.86. The lowest BCUT2D eigenvalue weighted by atomic mass is 10.0. The van der Waals surface area contributed by atoms with Crippen LogP contribution in [0.4, 0.5) is 34.1 Å². The molecule has 0 spiro atoms. The highest BCUT2D eigenvalue weighted by Gasteiger charge is 2.29. The molecule has 0 aliphatic carbocycles. The van der Waals surface area contributed by atoms with E-state index in [1.807, 2.05) is 29.6 Å². The first-order valence-corrected chi connectivity index (χ1v) is 20.9. The van der Waals surface area contributed by atoms with Crippen molar-refractivity contribution in [3.05, 3.63) is 206 Å². The summed E-state index contributed by atoms with van der Waals surface area (Å²) in [5, 5.41) is 0. The maximum Gasteiger partial charge on any atom is 0.160 e. The van der Waals surface area contributed by atoms with E-state index in [4.69, 9.17) is 9.97 Å². The molecule has 0 atom stereocenters. The standard InChI is InChI=1S/C52H34N4S2/c1-3-15-35(16-4-1)36-27-29-38(30-28-36)43-34-42(37-17-5-2-6-18-37)53-52(54-43)39-31-40(55-44-19-7-11-23-48(44)57-49-24-12-8-20-45(49)55)33-41(32-39)56-46-21-9-13-25-50(46)58-51-26-14-10-22-47(51)56/h1-34H. The molecule has 274 valence electrons. The topological polar surface area (TPSA) is 32.3 Å². The number of para-hydroxylation sites is 4. The molecular formula is C52H34N4S2. The normalized spacial score (nSPS) is 12.6. The third-order valence-corrected chi connectivity index (χ3v) is 12.9. The van der Waals surface area contributed by atoms with Gasteiger partial charge in [0.05, 0.1) is 34.1 Å². The molecule has 9 aromatic rings. The van der Waals surface area contributed by atoms with E-state index in [0.29, 0.717) is 5.82 Å². The molecule has 0 fully saturated rings. The van der Waals surface area contributed by atoms with Gasteiger partial charge in [-0.3, -0.25) is 0 Å². The Labute approximate surface area is 346 Å². The molecule has 6 heteroatoms. The lowest BCUT2D eigenvalue weighted by molar-refractivity contribution is 1.14. The van der Waals surface area contributed by atoms with Crippen molar-refractivity contribution in [2.24, 2.45) is 0 Å². The highest BCUT2D eigenvalue weighted by atomic mass is 32.2. The van der Waals surface area contributed by atoms with Crippen LogP contribution in [0.2, 0.25) is 0 Å². The van der Waals surface area contributed by atoms with Gasteiger partial charge in [0.1, 0.15) is 0 Å². The Kier molecular flexibility index (Phi) is 8.64. The van der Waals surface area contributed by atoms with Crippen LogP contribution in [-0.2, 0) is 0 Å². The molecular weight excluding hydrogens is 745 g/mol. The molecule has 8 aromatic carbocycles. The number of hydrogen-bond acceptors (Lipinski definition) is 6. The summed E-state index contributed by atoms with van der Waals surface area (Å²) in [5.74, 6) is 0.660. The van der Waals surface area contributed by atoms with Crippen molar-refractivity contribution in [3.63, 3.8) is 0 Å². The van der Waals surface area contributed by atoms with Gasteiger partial charge in [-0.1, -0.05) is 157 Å². The molecule has 11 rings (SSSR count). The SMILES string of the molecule is c1ccc(-c2ccc(-c3cc(-c4ccccc4)nc(-c4cc(N5c6ccccc6Sc6ccccc65)cc(N5c6ccccc6Sc6ccccc65)c4)n3)cc2)cc1. The summed E-state index contributed by atoms with van der Waals surface area (Å²) in [5.41, 5.74) is 13.7. The van der Waals surface area contributed by atoms with E-state index < -0.39 is 0 Å². The first-order valence-electron chi connectivity index (χ1n) is 19.3. The van der Waals surface area contributed by atoms with Gasteiger partial charge in [-0.15, -0.1) is 0 Å². The van der Waals surface area contributed by atoms with Crippen LogP contribution < -0.4 is 9.80 Å². The van der Waals surface area contributed by atoms with Crippen LogP contribution in [0.1, 0.15) is 0 Å². The third-order valence-electron chi connectivity index (χ3n) is 10.6. The van der Waals surface area contributed by atoms with Gasteiger partial charge in [0.15, 0.2) is 5.82 Å². The van der Waals surface area contributed by atoms with Crippen LogP contribution in [0.5, 0.6) is 0 Å². The summed E-state index contributed by atoms with van der Waals surface area (Å²) in [6.07, 6.45) is 0. The molecule has 3 heterocycles. The van der Waals surface area contributed by atoms with Crippen molar-refractivity contribution in [1.29, 1.82) is 0 Å². The van der Waals surface area contributed by atoms with Crippen molar-refractivity contribution < 1.29 is 0 Å². The Bertz CT molecular complexity index is 2760. The first-order chi connectivity index (χ1) is 28.7. The van der Waals surface area contributed by atoms with Crippen LogP contribution in [0.3, 0.4) is 0 Å². The van der Waals surface area contributed by atoms with Crippen molar-refractivity contribution in [2.75, 3.05) is 9.80 Å². The van der Waals surface area contributed by atoms with Gasteiger partial charge in [0.2, 0.25) is 0 Å². The number of rotatable bonds is 6. The zero-order valence-corrected chi connectivity index (χ0v) is 32.9. The summed E-state index contributed by atoms with van der Waals surface area (Å²) < 4.78 is 0. The number of anilines is 6. The molecule has 2 aliphatic heterocycles. The molecule has 0 saturated heterocycles. The van der Waals surface area contributed by atoms with E-state index in [0.717, 1.165) is 62.2 Å². The fourth-order valence-corrected chi connectivity index (χ4v) is 10.0. The quantitative estimate of drug-likeness (QED) is 0.167. The number of benzene rings is 8. The minimum absolute atomic E-state index is 0.660. The number of hydrogen-bond donors (Lipinski definition) is 0. The second kappa shape index (κ2) is 14.6. The molecule has 0 bridgehead atoms. The maximum absolute atomic E-state index is 5.40. The first kappa shape index (κ1) is 34.4. The van der Waals surface area contributed by atoms with Gasteiger partial charge in [0, 0.05) is 47.6 Å². The average Bonchev–Trinajstić information content (AvgIpc) is 3.30. The van der Waals surface area contributed by atoms with Crippen LogP contribution in [0.25, 0.3) is 45.0 Å². The molecule has 58 heavy (non-hydrogen) atoms. The Morgan fingerprint density at radius 3 is 1.09 bits per heavy atom. The van der Waals surface area contributed by atoms with Crippen molar-refractivity contribution in [1.82, 2.24) is 9.97 Å². The summed E-state index contributed by atoms with van der Waals surface area (Å²) in [6, 6.07) is 73.3. The second-order valence-electron chi connectivity index (χ2n) is 14.3. The Balaban J connectivity index is 1.15. The van der Waals surface area contributed by atoms with E-state index in [-0.39, 0.29) is 0 Å². The van der Waals surface area contributed by atoms with Gasteiger partial charge < -0.3 is 9.80 Å². The third kappa shape index (κ3) is 6.24. The van der Waals surface area contributed by atoms with Crippen LogP contribution >= 0.6 is 23.5 Å². The number of aromatic nitrogens is 2. The predicted molar refractivity (Wildman–Crippen MR) is 241 cm³/mol. The minimum Gasteiger partial charge on any atom is -0.308 e. The smallest absolute Gasteiger partial charge is 0.160 e.